The summed E-state index contributed by atoms with van der Waals surface area (Å²) in [4.78, 5) is 23.8. The Kier molecular flexibility index (Phi) is 5.95. The average molecular weight is 304 g/mol. The number of amides is 2. The van der Waals surface area contributed by atoms with E-state index >= 15 is 0 Å². The standard InChI is InChI=1S/C17H24N2O3/c20-13-17(10-4-5-11-17)19-15(21)9-6-12-18-16(22)14-7-2-1-3-8-14/h1-3,7-8,20H,4-6,9-13H2,(H,18,22)(H,19,21). The zero-order chi connectivity index (χ0) is 15.8. The quantitative estimate of drug-likeness (QED) is 0.670. The number of hydrogen-bond donors (Lipinski definition) is 3. The Morgan fingerprint density at radius 3 is 2.45 bits per heavy atom. The molecule has 0 aromatic heterocycles. The number of aliphatic hydroxyl groups is 1. The van der Waals surface area contributed by atoms with E-state index < -0.39 is 5.54 Å². The minimum atomic E-state index is -0.412. The van der Waals surface area contributed by atoms with Gasteiger partial charge in [-0.3, -0.25) is 9.59 Å². The van der Waals surface area contributed by atoms with E-state index in [-0.39, 0.29) is 18.4 Å². The minimum absolute atomic E-state index is 0.00346. The maximum atomic E-state index is 11.9. The third-order valence-electron chi connectivity index (χ3n) is 4.17. The van der Waals surface area contributed by atoms with Crippen LogP contribution < -0.4 is 10.6 Å². The second-order valence-corrected chi connectivity index (χ2v) is 5.92. The molecular formula is C17H24N2O3. The molecule has 1 aliphatic rings. The maximum Gasteiger partial charge on any atom is 0.251 e. The third-order valence-corrected chi connectivity index (χ3v) is 4.17. The van der Waals surface area contributed by atoms with Crippen molar-refractivity contribution in [1.82, 2.24) is 10.6 Å². The van der Waals surface area contributed by atoms with E-state index in [1.54, 1.807) is 12.1 Å². The highest BCUT2D eigenvalue weighted by Gasteiger charge is 2.34. The van der Waals surface area contributed by atoms with Gasteiger partial charge in [0.15, 0.2) is 0 Å². The molecule has 3 N–H and O–H groups in total. The highest BCUT2D eigenvalue weighted by molar-refractivity contribution is 5.94. The maximum absolute atomic E-state index is 11.9. The van der Waals surface area contributed by atoms with Crippen LogP contribution in [0.25, 0.3) is 0 Å². The van der Waals surface area contributed by atoms with Gasteiger partial charge in [-0.15, -0.1) is 0 Å². The van der Waals surface area contributed by atoms with Crippen LogP contribution in [-0.2, 0) is 4.79 Å². The van der Waals surface area contributed by atoms with Crippen molar-refractivity contribution in [2.45, 2.75) is 44.1 Å². The second kappa shape index (κ2) is 7.94. The number of rotatable bonds is 7. The molecule has 5 heteroatoms. The fourth-order valence-electron chi connectivity index (χ4n) is 2.88. The number of carbonyl (C=O) groups is 2. The molecule has 2 amide bonds. The predicted molar refractivity (Wildman–Crippen MR) is 84.4 cm³/mol. The van der Waals surface area contributed by atoms with Gasteiger partial charge in [0, 0.05) is 18.5 Å². The molecule has 1 aromatic rings. The van der Waals surface area contributed by atoms with Crippen molar-refractivity contribution < 1.29 is 14.7 Å². The lowest BCUT2D eigenvalue weighted by Crippen LogP contribution is -2.49. The number of carbonyl (C=O) groups excluding carboxylic acids is 2. The zero-order valence-electron chi connectivity index (χ0n) is 12.8. The molecule has 5 nitrogen and oxygen atoms in total. The lowest BCUT2D eigenvalue weighted by atomic mass is 9.98. The lowest BCUT2D eigenvalue weighted by Gasteiger charge is -2.28. The molecule has 0 unspecified atom stereocenters. The summed E-state index contributed by atoms with van der Waals surface area (Å²) in [6, 6.07) is 9.01. The Labute approximate surface area is 131 Å². The van der Waals surface area contributed by atoms with Gasteiger partial charge >= 0.3 is 0 Å². The molecule has 1 aliphatic carbocycles. The first-order chi connectivity index (χ1) is 10.7. The minimum Gasteiger partial charge on any atom is -0.394 e. The van der Waals surface area contributed by atoms with E-state index in [0.29, 0.717) is 24.9 Å². The normalized spacial score (nSPS) is 16.2. The van der Waals surface area contributed by atoms with Crippen molar-refractivity contribution in [3.63, 3.8) is 0 Å². The largest absolute Gasteiger partial charge is 0.394 e. The van der Waals surface area contributed by atoms with Gasteiger partial charge in [-0.05, 0) is 31.4 Å². The van der Waals surface area contributed by atoms with E-state index in [4.69, 9.17) is 0 Å². The molecule has 1 fully saturated rings. The van der Waals surface area contributed by atoms with Crippen molar-refractivity contribution >= 4 is 11.8 Å². The van der Waals surface area contributed by atoms with Crippen LogP contribution in [0.3, 0.4) is 0 Å². The summed E-state index contributed by atoms with van der Waals surface area (Å²) in [5.41, 5.74) is 0.210. The fourth-order valence-corrected chi connectivity index (χ4v) is 2.88. The first-order valence-electron chi connectivity index (χ1n) is 7.90. The van der Waals surface area contributed by atoms with Gasteiger partial charge in [0.25, 0.3) is 5.91 Å². The molecule has 1 saturated carbocycles. The number of nitrogens with one attached hydrogen (secondary N) is 2. The lowest BCUT2D eigenvalue weighted by molar-refractivity contribution is -0.123. The van der Waals surface area contributed by atoms with E-state index in [9.17, 15) is 14.7 Å². The van der Waals surface area contributed by atoms with Crippen LogP contribution in [0.5, 0.6) is 0 Å². The van der Waals surface area contributed by atoms with E-state index in [1.165, 1.54) is 0 Å². The first kappa shape index (κ1) is 16.5. The van der Waals surface area contributed by atoms with Gasteiger partial charge in [0.1, 0.15) is 0 Å². The number of aliphatic hydroxyl groups excluding tert-OH is 1. The molecule has 0 saturated heterocycles. The summed E-state index contributed by atoms with van der Waals surface area (Å²) in [7, 11) is 0. The molecule has 22 heavy (non-hydrogen) atoms. The fraction of sp³-hybridized carbons (Fsp3) is 0.529. The summed E-state index contributed by atoms with van der Waals surface area (Å²) in [6.07, 6.45) is 4.74. The van der Waals surface area contributed by atoms with Gasteiger partial charge in [-0.2, -0.15) is 0 Å². The summed E-state index contributed by atoms with van der Waals surface area (Å²) >= 11 is 0. The monoisotopic (exact) mass is 304 g/mol. The highest BCUT2D eigenvalue weighted by Crippen LogP contribution is 2.29. The molecule has 120 valence electrons. The van der Waals surface area contributed by atoms with Crippen LogP contribution >= 0.6 is 0 Å². The van der Waals surface area contributed by atoms with Crippen LogP contribution in [0.2, 0.25) is 0 Å². The van der Waals surface area contributed by atoms with E-state index in [0.717, 1.165) is 25.7 Å². The van der Waals surface area contributed by atoms with Crippen molar-refractivity contribution in [1.29, 1.82) is 0 Å². The Hall–Kier alpha value is -1.88. The predicted octanol–water partition coefficient (Wildman–Crippen LogP) is 1.62. The van der Waals surface area contributed by atoms with Crippen molar-refractivity contribution in [2.75, 3.05) is 13.2 Å². The Morgan fingerprint density at radius 1 is 1.14 bits per heavy atom. The summed E-state index contributed by atoms with van der Waals surface area (Å²) < 4.78 is 0. The molecule has 1 aromatic carbocycles. The topological polar surface area (TPSA) is 78.4 Å². The van der Waals surface area contributed by atoms with E-state index in [2.05, 4.69) is 10.6 Å². The van der Waals surface area contributed by atoms with Crippen molar-refractivity contribution in [3.05, 3.63) is 35.9 Å². The average Bonchev–Trinajstić information content (AvgIpc) is 3.01. The van der Waals surface area contributed by atoms with Gasteiger partial charge in [0.2, 0.25) is 5.91 Å². The van der Waals surface area contributed by atoms with Gasteiger partial charge in [-0.25, -0.2) is 0 Å². The molecule has 0 atom stereocenters. The number of hydrogen-bond acceptors (Lipinski definition) is 3. The summed E-state index contributed by atoms with van der Waals surface area (Å²) in [6.45, 7) is 0.469. The smallest absolute Gasteiger partial charge is 0.251 e. The molecule has 0 bridgehead atoms. The van der Waals surface area contributed by atoms with Crippen LogP contribution in [0, 0.1) is 0 Å². The molecule has 2 rings (SSSR count). The van der Waals surface area contributed by atoms with Crippen LogP contribution in [0.1, 0.15) is 48.9 Å². The highest BCUT2D eigenvalue weighted by atomic mass is 16.3. The van der Waals surface area contributed by atoms with Crippen LogP contribution in [0.15, 0.2) is 30.3 Å². The Bertz CT molecular complexity index is 496. The molecule has 0 aliphatic heterocycles. The first-order valence-corrected chi connectivity index (χ1v) is 7.90. The summed E-state index contributed by atoms with van der Waals surface area (Å²) in [5, 5.41) is 15.2. The van der Waals surface area contributed by atoms with Crippen molar-refractivity contribution in [3.8, 4) is 0 Å². The second-order valence-electron chi connectivity index (χ2n) is 5.92. The molecule has 0 spiro atoms. The van der Waals surface area contributed by atoms with Crippen LogP contribution in [-0.4, -0.2) is 35.6 Å². The van der Waals surface area contributed by atoms with Crippen molar-refractivity contribution in [2.24, 2.45) is 0 Å². The molecule has 0 radical (unpaired) electrons. The Balaban J connectivity index is 1.66. The molecular weight excluding hydrogens is 280 g/mol. The van der Waals surface area contributed by atoms with Crippen LogP contribution in [0.4, 0.5) is 0 Å². The van der Waals surface area contributed by atoms with Gasteiger partial charge in [0.05, 0.1) is 12.1 Å². The van der Waals surface area contributed by atoms with Gasteiger partial charge in [-0.1, -0.05) is 31.0 Å². The molecule has 0 heterocycles. The SMILES string of the molecule is O=C(CCCNC(=O)c1ccccc1)NC1(CO)CCCC1. The number of benzene rings is 1. The van der Waals surface area contributed by atoms with E-state index in [1.807, 2.05) is 18.2 Å². The third kappa shape index (κ3) is 4.56. The summed E-state index contributed by atoms with van der Waals surface area (Å²) in [5.74, 6) is -0.173. The Morgan fingerprint density at radius 2 is 1.82 bits per heavy atom. The zero-order valence-corrected chi connectivity index (χ0v) is 12.8. The van der Waals surface area contributed by atoms with Gasteiger partial charge < -0.3 is 15.7 Å².